The largest absolute Gasteiger partial charge is 0.508 e. The fourth-order valence-corrected chi connectivity index (χ4v) is 9.83. The Morgan fingerprint density at radius 1 is 0.692 bits per heavy atom. The molecule has 0 aromatic heterocycles. The zero-order chi connectivity index (χ0) is 45.9. The van der Waals surface area contributed by atoms with E-state index in [1.165, 1.54) is 6.07 Å². The molecule has 3 N–H and O–H groups in total. The van der Waals surface area contributed by atoms with Crippen LogP contribution in [0.1, 0.15) is 75.2 Å². The number of imide groups is 1. The summed E-state index contributed by atoms with van der Waals surface area (Å²) in [5.41, 5.74) is 4.37. The molecular weight excluding hydrogens is 842 g/mol. The molecule has 7 rings (SSSR count). The summed E-state index contributed by atoms with van der Waals surface area (Å²) in [5.74, 6) is -3.52. The van der Waals surface area contributed by atoms with Crippen LogP contribution in [0, 0.1) is 12.8 Å². The van der Waals surface area contributed by atoms with Crippen molar-refractivity contribution in [3.05, 3.63) is 185 Å². The number of aromatic hydroxyl groups is 1. The normalized spacial score (nSPS) is 14.0. The second-order valence-corrected chi connectivity index (χ2v) is 18.9. The van der Waals surface area contributed by atoms with Gasteiger partial charge in [-0.2, -0.15) is 0 Å². The van der Waals surface area contributed by atoms with Crippen molar-refractivity contribution in [2.45, 2.75) is 77.7 Å². The summed E-state index contributed by atoms with van der Waals surface area (Å²) in [5, 5.41) is 17.7. The number of aryl methyl sites for hydroxylation is 1. The number of phenolic OH excluding ortho intramolecular Hbond substituents is 1. The number of ether oxygens (including phenoxy) is 1. The Labute approximate surface area is 379 Å². The van der Waals surface area contributed by atoms with Gasteiger partial charge in [0.1, 0.15) is 24.2 Å². The Morgan fingerprint density at radius 2 is 1.23 bits per heavy atom. The third-order valence-corrected chi connectivity index (χ3v) is 13.5. The summed E-state index contributed by atoms with van der Waals surface area (Å²) < 4.78 is 34.1. The summed E-state index contributed by atoms with van der Waals surface area (Å²) in [7, 11) is -4.33. The molecule has 6 aromatic carbocycles. The number of carbonyl (C=O) groups is 4. The third-order valence-electron chi connectivity index (χ3n) is 11.4. The number of nitrogens with one attached hydrogen (secondary N) is 2. The van der Waals surface area contributed by atoms with Gasteiger partial charge in [0.05, 0.1) is 19.3 Å². The van der Waals surface area contributed by atoms with Crippen LogP contribution < -0.4 is 10.6 Å². The van der Waals surface area contributed by atoms with E-state index in [0.717, 1.165) is 27.0 Å². The van der Waals surface area contributed by atoms with E-state index in [2.05, 4.69) is 10.6 Å². The van der Waals surface area contributed by atoms with Crippen LogP contribution in [0.2, 0.25) is 0 Å². The molecule has 0 spiro atoms. The van der Waals surface area contributed by atoms with Crippen LogP contribution in [0.3, 0.4) is 0 Å². The van der Waals surface area contributed by atoms with Crippen molar-refractivity contribution in [1.82, 2.24) is 15.5 Å². The van der Waals surface area contributed by atoms with Crippen LogP contribution >= 0.6 is 7.60 Å². The van der Waals surface area contributed by atoms with E-state index in [9.17, 15) is 24.3 Å². The van der Waals surface area contributed by atoms with Crippen molar-refractivity contribution in [2.75, 3.05) is 6.54 Å². The van der Waals surface area contributed by atoms with Gasteiger partial charge in [-0.05, 0) is 83.2 Å². The highest BCUT2D eigenvalue weighted by Gasteiger charge is 2.42. The minimum Gasteiger partial charge on any atom is -0.508 e. The number of rotatable bonds is 21. The first-order valence-electron chi connectivity index (χ1n) is 21.8. The van der Waals surface area contributed by atoms with Crippen LogP contribution in [0.4, 0.5) is 0 Å². The highest BCUT2D eigenvalue weighted by Crippen LogP contribution is 2.55. The quantitative estimate of drug-likeness (QED) is 0.0361. The summed E-state index contributed by atoms with van der Waals surface area (Å²) in [6.45, 7) is 5.23. The lowest BCUT2D eigenvalue weighted by atomic mass is 9.94. The number of hydrogen-bond donors (Lipinski definition) is 3. The monoisotopic (exact) mass is 895 g/mol. The Morgan fingerprint density at radius 3 is 1.75 bits per heavy atom. The standard InChI is InChI=1S/C52H54N3O9P/c1-35(2)29-45(49(57)54-46(31-41-25-26-42(56)30-36(41)3)52(60)62-32-37-15-7-4-8-16-37)53-47(27-28-55-50(58)43-23-13-21-40-22-14-24-44(48(40)43)51(55)59)65(61,63-33-38-17-9-5-10-18-38)64-34-39-19-11-6-12-20-39/h4-26,30,35,45-47,53,56H,27-29,31-34H2,1-3H3,(H,54,57)/t45-,46-,47?/m0/s1. The van der Waals surface area contributed by atoms with Gasteiger partial charge in [-0.15, -0.1) is 0 Å². The zero-order valence-corrected chi connectivity index (χ0v) is 37.6. The SMILES string of the molecule is Cc1cc(O)ccc1C[C@H](NC(=O)[C@H](CC(C)C)NC(CCN1C(=O)c2cccc3cccc(c23)C1=O)P(=O)(OCc1ccccc1)OCc1ccccc1)C(=O)OCc1ccccc1. The van der Waals surface area contributed by atoms with Crippen LogP contribution in [0.15, 0.2) is 146 Å². The number of esters is 1. The third kappa shape index (κ3) is 11.8. The van der Waals surface area contributed by atoms with Gasteiger partial charge in [0.2, 0.25) is 5.91 Å². The van der Waals surface area contributed by atoms with E-state index in [0.29, 0.717) is 27.6 Å². The summed E-state index contributed by atoms with van der Waals surface area (Å²) in [6.07, 6.45) is 0.143. The number of phenols is 1. The molecule has 12 nitrogen and oxygen atoms in total. The van der Waals surface area contributed by atoms with Crippen LogP contribution in [-0.2, 0) is 54.2 Å². The van der Waals surface area contributed by atoms with Crippen molar-refractivity contribution in [3.8, 4) is 5.75 Å². The Hall–Kier alpha value is -6.43. The molecular formula is C52H54N3O9P. The molecule has 0 saturated carbocycles. The lowest BCUT2D eigenvalue weighted by molar-refractivity contribution is -0.149. The smallest absolute Gasteiger partial charge is 0.348 e. The van der Waals surface area contributed by atoms with Crippen LogP contribution in [0.5, 0.6) is 5.75 Å². The summed E-state index contributed by atoms with van der Waals surface area (Å²) in [6, 6.07) is 40.7. The molecule has 0 fully saturated rings. The molecule has 6 aromatic rings. The number of nitrogens with zero attached hydrogens (tertiary/aromatic N) is 1. The molecule has 65 heavy (non-hydrogen) atoms. The Bertz CT molecular complexity index is 2560. The van der Waals surface area contributed by atoms with Crippen molar-refractivity contribution in [1.29, 1.82) is 0 Å². The first-order chi connectivity index (χ1) is 31.4. The molecule has 1 aliphatic heterocycles. The fourth-order valence-electron chi connectivity index (χ4n) is 7.94. The van der Waals surface area contributed by atoms with Crippen molar-refractivity contribution in [3.63, 3.8) is 0 Å². The van der Waals surface area contributed by atoms with E-state index in [-0.39, 0.29) is 57.3 Å². The van der Waals surface area contributed by atoms with E-state index in [1.807, 2.05) is 117 Å². The minimum absolute atomic E-state index is 0.0239. The van der Waals surface area contributed by atoms with E-state index in [4.69, 9.17) is 13.8 Å². The molecule has 3 atom stereocenters. The molecule has 1 unspecified atom stereocenters. The molecule has 0 bridgehead atoms. The lowest BCUT2D eigenvalue weighted by Gasteiger charge is -2.34. The molecule has 1 heterocycles. The second kappa shape index (κ2) is 21.5. The Kier molecular flexibility index (Phi) is 15.4. The number of carbonyl (C=O) groups excluding carboxylic acids is 4. The number of amides is 3. The highest BCUT2D eigenvalue weighted by atomic mass is 31.2. The first kappa shape index (κ1) is 46.6. The van der Waals surface area contributed by atoms with Gasteiger partial charge in [-0.1, -0.05) is 135 Å². The molecule has 13 heteroatoms. The number of benzene rings is 6. The second-order valence-electron chi connectivity index (χ2n) is 16.7. The topological polar surface area (TPSA) is 161 Å². The maximum absolute atomic E-state index is 15.6. The molecule has 336 valence electrons. The van der Waals surface area contributed by atoms with Gasteiger partial charge < -0.3 is 24.2 Å². The summed E-state index contributed by atoms with van der Waals surface area (Å²) >= 11 is 0. The maximum Gasteiger partial charge on any atom is 0.348 e. The minimum atomic E-state index is -4.33. The van der Waals surface area contributed by atoms with Gasteiger partial charge in [-0.25, -0.2) is 4.79 Å². The van der Waals surface area contributed by atoms with Crippen molar-refractivity contribution < 1.29 is 42.6 Å². The summed E-state index contributed by atoms with van der Waals surface area (Å²) in [4.78, 5) is 58.1. The van der Waals surface area contributed by atoms with Gasteiger partial charge in [-0.3, -0.25) is 29.2 Å². The van der Waals surface area contributed by atoms with E-state index >= 15 is 4.57 Å². The van der Waals surface area contributed by atoms with Crippen LogP contribution in [0.25, 0.3) is 10.8 Å². The van der Waals surface area contributed by atoms with Crippen molar-refractivity contribution in [2.24, 2.45) is 5.92 Å². The molecule has 0 saturated heterocycles. The molecule has 3 amide bonds. The molecule has 1 aliphatic rings. The maximum atomic E-state index is 15.6. The highest BCUT2D eigenvalue weighted by molar-refractivity contribution is 7.54. The predicted molar refractivity (Wildman–Crippen MR) is 249 cm³/mol. The van der Waals surface area contributed by atoms with Gasteiger partial charge in [0, 0.05) is 29.5 Å². The Balaban J connectivity index is 1.22. The average molecular weight is 896 g/mol. The van der Waals surface area contributed by atoms with Crippen molar-refractivity contribution >= 4 is 42.1 Å². The van der Waals surface area contributed by atoms with Gasteiger partial charge in [0.25, 0.3) is 11.8 Å². The number of hydrogen-bond acceptors (Lipinski definition) is 10. The predicted octanol–water partition coefficient (Wildman–Crippen LogP) is 9.27. The van der Waals surface area contributed by atoms with Crippen LogP contribution in [-0.4, -0.2) is 58.1 Å². The average Bonchev–Trinajstić information content (AvgIpc) is 3.31. The lowest BCUT2D eigenvalue weighted by Crippen LogP contribution is -2.54. The van der Waals surface area contributed by atoms with Gasteiger partial charge in [0.15, 0.2) is 0 Å². The first-order valence-corrected chi connectivity index (χ1v) is 23.4. The fraction of sp³-hybridized carbons (Fsp3) is 0.269. The van der Waals surface area contributed by atoms with E-state index in [1.54, 1.807) is 43.3 Å². The molecule has 0 aliphatic carbocycles. The van der Waals surface area contributed by atoms with E-state index < -0.39 is 49.2 Å². The van der Waals surface area contributed by atoms with Gasteiger partial charge >= 0.3 is 13.6 Å². The zero-order valence-electron chi connectivity index (χ0n) is 36.7. The molecule has 0 radical (unpaired) electrons.